The molecule has 212 valence electrons. The number of nitrogens with one attached hydrogen (secondary N) is 1. The molecule has 6 nitrogen and oxygen atoms in total. The maximum absolute atomic E-state index is 13.9. The Morgan fingerprint density at radius 1 is 1.12 bits per heavy atom. The van der Waals surface area contributed by atoms with Crippen LogP contribution in [0.5, 0.6) is 5.75 Å². The predicted octanol–water partition coefficient (Wildman–Crippen LogP) is 7.15. The van der Waals surface area contributed by atoms with Gasteiger partial charge in [0.05, 0.1) is 23.6 Å². The first-order valence-corrected chi connectivity index (χ1v) is 13.6. The molecule has 40 heavy (non-hydrogen) atoms. The largest absolute Gasteiger partial charge is 0.493 e. The van der Waals surface area contributed by atoms with Crippen molar-refractivity contribution < 1.29 is 22.7 Å². The van der Waals surface area contributed by atoms with Crippen molar-refractivity contribution in [2.24, 2.45) is 11.3 Å². The van der Waals surface area contributed by atoms with E-state index in [-0.39, 0.29) is 17.7 Å². The standard InChI is InChI=1S/C31H35F3N4O2/c1-5-21-6-9-23(38-26-17-30(2,3)18-27(39)28(26)29(36-38)31(32,33)34)16-25(21)35-22-7-10-24(11-8-22)40-19-20-12-14-37(4)15-13-20/h5-11,16,20,35H,1,12-15,17-19H2,2-4H3. The number of likely N-dealkylation sites (tertiary alicyclic amines) is 1. The summed E-state index contributed by atoms with van der Waals surface area (Å²) in [6, 6.07) is 12.8. The summed E-state index contributed by atoms with van der Waals surface area (Å²) < 4.78 is 49.0. The number of carbonyl (C=O) groups is 1. The van der Waals surface area contributed by atoms with Gasteiger partial charge in [-0.2, -0.15) is 18.3 Å². The van der Waals surface area contributed by atoms with Gasteiger partial charge in [0.15, 0.2) is 11.5 Å². The number of rotatable bonds is 7. The van der Waals surface area contributed by atoms with Gasteiger partial charge in [-0.25, -0.2) is 4.68 Å². The molecular weight excluding hydrogens is 517 g/mol. The Kier molecular flexibility index (Phi) is 7.52. The Morgan fingerprint density at radius 3 is 2.48 bits per heavy atom. The Labute approximate surface area is 232 Å². The molecule has 0 radical (unpaired) electrons. The fourth-order valence-corrected chi connectivity index (χ4v) is 5.56. The van der Waals surface area contributed by atoms with E-state index in [0.717, 1.165) is 42.9 Å². The predicted molar refractivity (Wildman–Crippen MR) is 151 cm³/mol. The summed E-state index contributed by atoms with van der Waals surface area (Å²) in [6.07, 6.45) is -0.432. The molecule has 0 unspecified atom stereocenters. The van der Waals surface area contributed by atoms with Crippen LogP contribution in [0.25, 0.3) is 11.8 Å². The molecule has 2 heterocycles. The molecule has 9 heteroatoms. The number of nitrogens with zero attached hydrogens (tertiary/aromatic N) is 3. The van der Waals surface area contributed by atoms with E-state index in [9.17, 15) is 18.0 Å². The van der Waals surface area contributed by atoms with Crippen molar-refractivity contribution in [2.45, 2.75) is 45.7 Å². The maximum atomic E-state index is 13.9. The quantitative estimate of drug-likeness (QED) is 0.337. The summed E-state index contributed by atoms with van der Waals surface area (Å²) >= 11 is 0. The van der Waals surface area contributed by atoms with Gasteiger partial charge in [-0.3, -0.25) is 4.79 Å². The third-order valence-corrected chi connectivity index (χ3v) is 7.77. The lowest BCUT2D eigenvalue weighted by atomic mass is 9.75. The number of hydrogen-bond acceptors (Lipinski definition) is 5. The molecule has 5 rings (SSSR count). The number of anilines is 2. The fraction of sp³-hybridized carbons (Fsp3) is 0.419. The number of alkyl halides is 3. The van der Waals surface area contributed by atoms with Crippen LogP contribution in [-0.2, 0) is 12.6 Å². The molecule has 1 aliphatic heterocycles. The first-order valence-electron chi connectivity index (χ1n) is 13.6. The topological polar surface area (TPSA) is 59.4 Å². The Morgan fingerprint density at radius 2 is 1.82 bits per heavy atom. The van der Waals surface area contributed by atoms with E-state index in [1.165, 1.54) is 4.68 Å². The van der Waals surface area contributed by atoms with Crippen molar-refractivity contribution in [2.75, 3.05) is 32.1 Å². The minimum Gasteiger partial charge on any atom is -0.493 e. The molecule has 1 fully saturated rings. The van der Waals surface area contributed by atoms with Crippen molar-refractivity contribution >= 4 is 23.2 Å². The molecule has 0 bridgehead atoms. The zero-order chi connectivity index (χ0) is 28.7. The average Bonchev–Trinajstić information content (AvgIpc) is 3.28. The third kappa shape index (κ3) is 5.94. The van der Waals surface area contributed by atoms with Crippen LogP contribution in [0.4, 0.5) is 24.5 Å². The highest BCUT2D eigenvalue weighted by Crippen LogP contribution is 2.42. The van der Waals surface area contributed by atoms with Crippen LogP contribution in [0.15, 0.2) is 49.0 Å². The third-order valence-electron chi connectivity index (χ3n) is 7.77. The Hall–Kier alpha value is -3.59. The van der Waals surface area contributed by atoms with Crippen LogP contribution in [0.3, 0.4) is 0 Å². The van der Waals surface area contributed by atoms with Crippen molar-refractivity contribution in [3.8, 4) is 11.4 Å². The van der Waals surface area contributed by atoms with Crippen LogP contribution in [0.1, 0.15) is 60.4 Å². The number of ketones is 1. The van der Waals surface area contributed by atoms with Gasteiger partial charge in [0, 0.05) is 17.8 Å². The number of hydrogen-bond donors (Lipinski definition) is 1. The minimum absolute atomic E-state index is 0.0503. The van der Waals surface area contributed by atoms with Crippen LogP contribution < -0.4 is 10.1 Å². The molecule has 1 saturated heterocycles. The highest BCUT2D eigenvalue weighted by atomic mass is 19.4. The van der Waals surface area contributed by atoms with Crippen molar-refractivity contribution in [1.82, 2.24) is 14.7 Å². The second kappa shape index (κ2) is 10.8. The molecular formula is C31H35F3N4O2. The molecule has 0 amide bonds. The van der Waals surface area contributed by atoms with E-state index < -0.39 is 23.1 Å². The number of fused-ring (bicyclic) bond motifs is 1. The molecule has 0 atom stereocenters. The Balaban J connectivity index is 1.40. The van der Waals surface area contributed by atoms with E-state index in [4.69, 9.17) is 4.74 Å². The number of aromatic nitrogens is 2. The summed E-state index contributed by atoms with van der Waals surface area (Å²) in [7, 11) is 2.14. The number of carbonyl (C=O) groups excluding carboxylic acids is 1. The number of piperidine rings is 1. The molecule has 0 saturated carbocycles. The monoisotopic (exact) mass is 552 g/mol. The van der Waals surface area contributed by atoms with E-state index in [1.54, 1.807) is 24.3 Å². The summed E-state index contributed by atoms with van der Waals surface area (Å²) in [5.41, 5.74) is 1.05. The van der Waals surface area contributed by atoms with E-state index >= 15 is 0 Å². The molecule has 0 spiro atoms. The molecule has 3 aromatic rings. The normalized spacial score (nSPS) is 17.9. The first-order chi connectivity index (χ1) is 18.9. The van der Waals surface area contributed by atoms with Crippen molar-refractivity contribution in [3.63, 3.8) is 0 Å². The van der Waals surface area contributed by atoms with Gasteiger partial charge in [0.1, 0.15) is 5.75 Å². The number of Topliss-reactive ketones (excluding diaryl/α,β-unsaturated/α-hetero) is 1. The van der Waals surface area contributed by atoms with Gasteiger partial charge in [-0.15, -0.1) is 0 Å². The lowest BCUT2D eigenvalue weighted by Gasteiger charge is -2.29. The first kappa shape index (κ1) is 28.0. The lowest BCUT2D eigenvalue weighted by Crippen LogP contribution is -2.32. The van der Waals surface area contributed by atoms with Crippen LogP contribution >= 0.6 is 0 Å². The summed E-state index contributed by atoms with van der Waals surface area (Å²) in [6.45, 7) is 10.5. The van der Waals surface area contributed by atoms with Crippen LogP contribution in [0.2, 0.25) is 0 Å². The number of ether oxygens (including phenoxy) is 1. The molecule has 1 N–H and O–H groups in total. The Bertz CT molecular complexity index is 1400. The molecule has 1 aliphatic carbocycles. The molecule has 1 aromatic heterocycles. The molecule has 2 aromatic carbocycles. The van der Waals surface area contributed by atoms with E-state index in [1.807, 2.05) is 38.1 Å². The fourth-order valence-electron chi connectivity index (χ4n) is 5.56. The average molecular weight is 553 g/mol. The lowest BCUT2D eigenvalue weighted by molar-refractivity contribution is -0.141. The van der Waals surface area contributed by atoms with Gasteiger partial charge in [-0.05, 0) is 92.7 Å². The van der Waals surface area contributed by atoms with Crippen LogP contribution in [0, 0.1) is 11.3 Å². The van der Waals surface area contributed by atoms with Crippen molar-refractivity contribution in [1.29, 1.82) is 0 Å². The zero-order valence-electron chi connectivity index (χ0n) is 23.1. The maximum Gasteiger partial charge on any atom is 0.435 e. The van der Waals surface area contributed by atoms with Gasteiger partial charge in [0.2, 0.25) is 0 Å². The van der Waals surface area contributed by atoms with Gasteiger partial charge in [0.25, 0.3) is 0 Å². The van der Waals surface area contributed by atoms with E-state index in [2.05, 4.69) is 28.9 Å². The van der Waals surface area contributed by atoms with Gasteiger partial charge < -0.3 is 15.0 Å². The number of halogens is 3. The van der Waals surface area contributed by atoms with Gasteiger partial charge >= 0.3 is 6.18 Å². The second-order valence-electron chi connectivity index (χ2n) is 11.7. The van der Waals surface area contributed by atoms with E-state index in [0.29, 0.717) is 30.3 Å². The minimum atomic E-state index is -4.73. The highest BCUT2D eigenvalue weighted by molar-refractivity contribution is 6.00. The zero-order valence-corrected chi connectivity index (χ0v) is 23.1. The van der Waals surface area contributed by atoms with Gasteiger partial charge in [-0.1, -0.05) is 32.6 Å². The van der Waals surface area contributed by atoms with Crippen molar-refractivity contribution in [3.05, 3.63) is 71.6 Å². The smallest absolute Gasteiger partial charge is 0.435 e. The highest BCUT2D eigenvalue weighted by Gasteiger charge is 2.45. The summed E-state index contributed by atoms with van der Waals surface area (Å²) in [4.78, 5) is 15.1. The SMILES string of the molecule is C=Cc1ccc(-n2nc(C(F)(F)F)c3c2CC(C)(C)CC3=O)cc1Nc1ccc(OCC2CCN(C)CC2)cc1. The summed E-state index contributed by atoms with van der Waals surface area (Å²) in [5, 5.41) is 7.28. The molecule has 2 aliphatic rings. The van der Waals surface area contributed by atoms with Crippen LogP contribution in [-0.4, -0.2) is 47.2 Å². The second-order valence-corrected chi connectivity index (χ2v) is 11.7. The summed E-state index contributed by atoms with van der Waals surface area (Å²) in [5.74, 6) is 0.819. The number of benzene rings is 2.